The standard InChI is InChI=1S/C20H14BrFN2O/c21-17-9-8-15(22)10-14(17)12-25-16-5-3-4-13(11-16)20-23-18-6-1-2-7-19(18)24-20/h1-11H,12H2,(H,23,24). The van der Waals surface area contributed by atoms with Crippen molar-refractivity contribution >= 4 is 27.0 Å². The lowest BCUT2D eigenvalue weighted by Crippen LogP contribution is -1.97. The molecule has 0 atom stereocenters. The zero-order valence-corrected chi connectivity index (χ0v) is 14.8. The first-order valence-corrected chi connectivity index (χ1v) is 8.60. The largest absolute Gasteiger partial charge is 0.489 e. The van der Waals surface area contributed by atoms with Gasteiger partial charge in [0.1, 0.15) is 24.0 Å². The normalized spacial score (nSPS) is 11.0. The van der Waals surface area contributed by atoms with Crippen LogP contribution in [0, 0.1) is 5.82 Å². The second-order valence-corrected chi connectivity index (χ2v) is 6.51. The summed E-state index contributed by atoms with van der Waals surface area (Å²) >= 11 is 3.41. The molecule has 0 spiro atoms. The summed E-state index contributed by atoms with van der Waals surface area (Å²) in [5, 5.41) is 0. The van der Waals surface area contributed by atoms with Crippen molar-refractivity contribution in [2.45, 2.75) is 6.61 Å². The van der Waals surface area contributed by atoms with Crippen LogP contribution in [0.4, 0.5) is 4.39 Å². The van der Waals surface area contributed by atoms with Gasteiger partial charge in [-0.25, -0.2) is 9.37 Å². The van der Waals surface area contributed by atoms with Crippen molar-refractivity contribution in [2.24, 2.45) is 0 Å². The number of nitrogens with zero attached hydrogens (tertiary/aromatic N) is 1. The Kier molecular flexibility index (Phi) is 4.24. The smallest absolute Gasteiger partial charge is 0.138 e. The van der Waals surface area contributed by atoms with Crippen LogP contribution in [-0.4, -0.2) is 9.97 Å². The molecule has 0 aliphatic rings. The van der Waals surface area contributed by atoms with E-state index >= 15 is 0 Å². The second kappa shape index (κ2) is 6.69. The van der Waals surface area contributed by atoms with Gasteiger partial charge in [-0.15, -0.1) is 0 Å². The maximum absolute atomic E-state index is 13.4. The molecule has 5 heteroatoms. The van der Waals surface area contributed by atoms with E-state index in [9.17, 15) is 4.39 Å². The highest BCUT2D eigenvalue weighted by atomic mass is 79.9. The lowest BCUT2D eigenvalue weighted by atomic mass is 10.2. The molecule has 4 aromatic rings. The van der Waals surface area contributed by atoms with E-state index < -0.39 is 0 Å². The Labute approximate surface area is 152 Å². The van der Waals surface area contributed by atoms with Gasteiger partial charge < -0.3 is 9.72 Å². The van der Waals surface area contributed by atoms with E-state index in [4.69, 9.17) is 4.74 Å². The molecule has 3 aromatic carbocycles. The summed E-state index contributed by atoms with van der Waals surface area (Å²) in [7, 11) is 0. The molecule has 0 radical (unpaired) electrons. The van der Waals surface area contributed by atoms with Crippen molar-refractivity contribution in [1.82, 2.24) is 9.97 Å². The fourth-order valence-electron chi connectivity index (χ4n) is 2.64. The minimum atomic E-state index is -0.280. The number of fused-ring (bicyclic) bond motifs is 1. The number of hydrogen-bond acceptors (Lipinski definition) is 2. The Morgan fingerprint density at radius 2 is 1.88 bits per heavy atom. The summed E-state index contributed by atoms with van der Waals surface area (Å²) in [6, 6.07) is 20.1. The summed E-state index contributed by atoms with van der Waals surface area (Å²) in [5.74, 6) is 1.21. The Balaban J connectivity index is 1.58. The summed E-state index contributed by atoms with van der Waals surface area (Å²) in [4.78, 5) is 7.91. The van der Waals surface area contributed by atoms with Crippen molar-refractivity contribution in [2.75, 3.05) is 0 Å². The van der Waals surface area contributed by atoms with E-state index in [0.717, 1.165) is 32.5 Å². The number of aromatic nitrogens is 2. The fraction of sp³-hybridized carbons (Fsp3) is 0.0500. The molecule has 3 nitrogen and oxygen atoms in total. The molecule has 0 bridgehead atoms. The molecule has 25 heavy (non-hydrogen) atoms. The average Bonchev–Trinajstić information content (AvgIpc) is 3.07. The number of imidazole rings is 1. The first-order valence-electron chi connectivity index (χ1n) is 7.81. The van der Waals surface area contributed by atoms with Crippen molar-refractivity contribution < 1.29 is 9.13 Å². The summed E-state index contributed by atoms with van der Waals surface area (Å²) in [6.07, 6.45) is 0. The fourth-order valence-corrected chi connectivity index (χ4v) is 3.00. The van der Waals surface area contributed by atoms with Gasteiger partial charge in [0, 0.05) is 15.6 Å². The highest BCUT2D eigenvalue weighted by Crippen LogP contribution is 2.25. The number of ether oxygens (including phenoxy) is 1. The van der Waals surface area contributed by atoms with Gasteiger partial charge in [-0.1, -0.05) is 40.2 Å². The van der Waals surface area contributed by atoms with Gasteiger partial charge in [0.15, 0.2) is 0 Å². The minimum absolute atomic E-state index is 0.280. The number of benzene rings is 3. The molecule has 1 aromatic heterocycles. The zero-order valence-electron chi connectivity index (χ0n) is 13.2. The van der Waals surface area contributed by atoms with Gasteiger partial charge >= 0.3 is 0 Å². The quantitative estimate of drug-likeness (QED) is 0.479. The van der Waals surface area contributed by atoms with Crippen molar-refractivity contribution in [1.29, 1.82) is 0 Å². The van der Waals surface area contributed by atoms with Crippen LogP contribution >= 0.6 is 15.9 Å². The van der Waals surface area contributed by atoms with Gasteiger partial charge in [0.2, 0.25) is 0 Å². The highest BCUT2D eigenvalue weighted by Gasteiger charge is 2.07. The molecule has 1 heterocycles. The topological polar surface area (TPSA) is 37.9 Å². The molecule has 0 aliphatic heterocycles. The Bertz CT molecular complexity index is 1010. The number of nitrogens with one attached hydrogen (secondary N) is 1. The first-order chi connectivity index (χ1) is 12.2. The van der Waals surface area contributed by atoms with Gasteiger partial charge in [0.25, 0.3) is 0 Å². The third kappa shape index (κ3) is 3.42. The van der Waals surface area contributed by atoms with E-state index in [-0.39, 0.29) is 12.4 Å². The van der Waals surface area contributed by atoms with Crippen LogP contribution in [0.3, 0.4) is 0 Å². The van der Waals surface area contributed by atoms with Gasteiger partial charge in [0.05, 0.1) is 11.0 Å². The molecule has 4 rings (SSSR count). The molecule has 1 N–H and O–H groups in total. The van der Waals surface area contributed by atoms with Crippen molar-refractivity contribution in [3.63, 3.8) is 0 Å². The van der Waals surface area contributed by atoms with Gasteiger partial charge in [-0.3, -0.25) is 0 Å². The maximum atomic E-state index is 13.4. The number of rotatable bonds is 4. The number of halogens is 2. The first kappa shape index (κ1) is 15.8. The van der Waals surface area contributed by atoms with E-state index in [1.54, 1.807) is 6.07 Å². The molecule has 0 aliphatic carbocycles. The Hall–Kier alpha value is -2.66. The molecule has 0 saturated heterocycles. The van der Waals surface area contributed by atoms with E-state index in [1.165, 1.54) is 12.1 Å². The monoisotopic (exact) mass is 396 g/mol. The van der Waals surface area contributed by atoms with Crippen LogP contribution in [0.1, 0.15) is 5.56 Å². The predicted octanol–water partition coefficient (Wildman–Crippen LogP) is 5.71. The Morgan fingerprint density at radius 1 is 1.00 bits per heavy atom. The second-order valence-electron chi connectivity index (χ2n) is 5.65. The van der Waals surface area contributed by atoms with Crippen molar-refractivity contribution in [3.05, 3.63) is 82.6 Å². The van der Waals surface area contributed by atoms with Crippen molar-refractivity contribution in [3.8, 4) is 17.1 Å². The molecule has 124 valence electrons. The summed E-state index contributed by atoms with van der Waals surface area (Å²) in [6.45, 7) is 0.280. The van der Waals surface area contributed by atoms with Crippen LogP contribution in [0.2, 0.25) is 0 Å². The SMILES string of the molecule is Fc1ccc(Br)c(COc2cccc(-c3nc4ccccc4[nH]3)c2)c1. The summed E-state index contributed by atoms with van der Waals surface area (Å²) < 4.78 is 20.0. The highest BCUT2D eigenvalue weighted by molar-refractivity contribution is 9.10. The number of para-hydroxylation sites is 2. The van der Waals surface area contributed by atoms with E-state index in [2.05, 4.69) is 25.9 Å². The number of aromatic amines is 1. The van der Waals surface area contributed by atoms with Crippen LogP contribution < -0.4 is 4.74 Å². The molecule has 0 unspecified atom stereocenters. The van der Waals surface area contributed by atoms with Gasteiger partial charge in [-0.05, 0) is 42.5 Å². The molecular weight excluding hydrogens is 383 g/mol. The van der Waals surface area contributed by atoms with E-state index in [1.807, 2.05) is 48.5 Å². The number of hydrogen-bond donors (Lipinski definition) is 1. The minimum Gasteiger partial charge on any atom is -0.489 e. The predicted molar refractivity (Wildman–Crippen MR) is 100.0 cm³/mol. The molecular formula is C20H14BrFN2O. The third-order valence-corrected chi connectivity index (χ3v) is 4.67. The van der Waals surface area contributed by atoms with Crippen LogP contribution in [-0.2, 0) is 6.61 Å². The molecule has 0 saturated carbocycles. The lowest BCUT2D eigenvalue weighted by molar-refractivity contribution is 0.305. The summed E-state index contributed by atoms with van der Waals surface area (Å²) in [5.41, 5.74) is 3.61. The Morgan fingerprint density at radius 3 is 2.76 bits per heavy atom. The number of H-pyrrole nitrogens is 1. The van der Waals surface area contributed by atoms with Crippen LogP contribution in [0.15, 0.2) is 71.2 Å². The van der Waals surface area contributed by atoms with Gasteiger partial charge in [-0.2, -0.15) is 0 Å². The third-order valence-electron chi connectivity index (χ3n) is 3.90. The molecule has 0 fully saturated rings. The lowest BCUT2D eigenvalue weighted by Gasteiger charge is -2.09. The maximum Gasteiger partial charge on any atom is 0.138 e. The van der Waals surface area contributed by atoms with E-state index in [0.29, 0.717) is 5.75 Å². The zero-order chi connectivity index (χ0) is 17.2. The van der Waals surface area contributed by atoms with Crippen LogP contribution in [0.25, 0.3) is 22.4 Å². The molecule has 0 amide bonds. The van der Waals surface area contributed by atoms with Crippen LogP contribution in [0.5, 0.6) is 5.75 Å². The average molecular weight is 397 g/mol.